The fourth-order valence-corrected chi connectivity index (χ4v) is 3.65. The molecule has 3 rings (SSSR count). The molecule has 0 spiro atoms. The number of hydrogen-bond donors (Lipinski definition) is 1. The molecule has 24 heavy (non-hydrogen) atoms. The second-order valence-electron chi connectivity index (χ2n) is 6.27. The molecule has 1 aliphatic carbocycles. The minimum absolute atomic E-state index is 0.227. The Morgan fingerprint density at radius 1 is 1.33 bits per heavy atom. The Morgan fingerprint density at radius 2 is 2.12 bits per heavy atom. The van der Waals surface area contributed by atoms with Gasteiger partial charge in [0.05, 0.1) is 11.7 Å². The lowest BCUT2D eigenvalue weighted by Crippen LogP contribution is -2.37. The predicted octanol–water partition coefficient (Wildman–Crippen LogP) is 2.78. The summed E-state index contributed by atoms with van der Waals surface area (Å²) in [5.41, 5.74) is 0.506. The van der Waals surface area contributed by atoms with Crippen molar-refractivity contribution < 1.29 is 19.1 Å². The van der Waals surface area contributed by atoms with Gasteiger partial charge < -0.3 is 14.8 Å². The number of nitrogens with one attached hydrogen (secondary N) is 1. The van der Waals surface area contributed by atoms with Crippen LogP contribution in [-0.2, 0) is 14.3 Å². The maximum atomic E-state index is 12.4. The van der Waals surface area contributed by atoms with Crippen molar-refractivity contribution in [3.63, 3.8) is 0 Å². The summed E-state index contributed by atoms with van der Waals surface area (Å²) in [4.78, 5) is 25.2. The van der Waals surface area contributed by atoms with Crippen molar-refractivity contribution in [3.8, 4) is 0 Å². The molecule has 1 saturated carbocycles. The number of ether oxygens (including phenoxy) is 2. The minimum Gasteiger partial charge on any atom is -0.449 e. The molecule has 0 bridgehead atoms. The zero-order valence-electron chi connectivity index (χ0n) is 13.8. The van der Waals surface area contributed by atoms with E-state index in [1.165, 1.54) is 0 Å². The van der Waals surface area contributed by atoms with Crippen LogP contribution in [0.2, 0.25) is 0 Å². The third-order valence-electron chi connectivity index (χ3n) is 4.13. The Bertz CT molecular complexity index is 596. The Hall–Kier alpha value is -1.53. The molecule has 0 radical (unpaired) electrons. The van der Waals surface area contributed by atoms with Gasteiger partial charge in [-0.25, -0.2) is 4.79 Å². The van der Waals surface area contributed by atoms with Crippen LogP contribution in [0.25, 0.3) is 0 Å². The van der Waals surface area contributed by atoms with Crippen molar-refractivity contribution in [2.24, 2.45) is 0 Å². The SMILES string of the molecule is C[C@H](OC(=O)c1ccccc1SC[C@H]1CCCO1)C(=O)NC1CC1. The molecule has 0 unspecified atom stereocenters. The molecule has 130 valence electrons. The van der Waals surface area contributed by atoms with E-state index in [2.05, 4.69) is 5.32 Å². The van der Waals surface area contributed by atoms with Gasteiger partial charge in [0, 0.05) is 23.3 Å². The lowest BCUT2D eigenvalue weighted by molar-refractivity contribution is -0.129. The second kappa shape index (κ2) is 8.03. The topological polar surface area (TPSA) is 64.6 Å². The fourth-order valence-electron chi connectivity index (χ4n) is 2.54. The van der Waals surface area contributed by atoms with Crippen LogP contribution in [0.3, 0.4) is 0 Å². The number of carbonyl (C=O) groups is 2. The third-order valence-corrected chi connectivity index (χ3v) is 5.34. The predicted molar refractivity (Wildman–Crippen MR) is 92.2 cm³/mol. The number of amides is 1. The molecule has 1 aliphatic heterocycles. The van der Waals surface area contributed by atoms with Crippen LogP contribution in [0.4, 0.5) is 0 Å². The Kier molecular flexibility index (Phi) is 5.79. The first-order valence-corrected chi connectivity index (χ1v) is 9.47. The van der Waals surface area contributed by atoms with E-state index in [0.717, 1.165) is 42.9 Å². The van der Waals surface area contributed by atoms with Gasteiger partial charge in [-0.3, -0.25) is 4.79 Å². The Morgan fingerprint density at radius 3 is 2.83 bits per heavy atom. The quantitative estimate of drug-likeness (QED) is 0.606. The van der Waals surface area contributed by atoms with Crippen molar-refractivity contribution in [3.05, 3.63) is 29.8 Å². The van der Waals surface area contributed by atoms with Crippen molar-refractivity contribution in [2.75, 3.05) is 12.4 Å². The molecule has 1 heterocycles. The normalized spacial score (nSPS) is 21.3. The van der Waals surface area contributed by atoms with Gasteiger partial charge in [-0.05, 0) is 44.7 Å². The monoisotopic (exact) mass is 349 g/mol. The highest BCUT2D eigenvalue weighted by atomic mass is 32.2. The highest BCUT2D eigenvalue weighted by molar-refractivity contribution is 7.99. The molecule has 0 aromatic heterocycles. The van der Waals surface area contributed by atoms with E-state index in [-0.39, 0.29) is 18.1 Å². The van der Waals surface area contributed by atoms with E-state index in [1.807, 2.05) is 18.2 Å². The summed E-state index contributed by atoms with van der Waals surface area (Å²) >= 11 is 1.60. The van der Waals surface area contributed by atoms with Gasteiger partial charge >= 0.3 is 5.97 Å². The number of carbonyl (C=O) groups excluding carboxylic acids is 2. The minimum atomic E-state index is -0.783. The van der Waals surface area contributed by atoms with E-state index in [9.17, 15) is 9.59 Å². The third kappa shape index (κ3) is 4.74. The van der Waals surface area contributed by atoms with Gasteiger partial charge in [-0.1, -0.05) is 12.1 Å². The Labute approximate surface area is 146 Å². The molecule has 2 fully saturated rings. The zero-order valence-corrected chi connectivity index (χ0v) is 14.6. The van der Waals surface area contributed by atoms with Gasteiger partial charge in [-0.15, -0.1) is 11.8 Å². The van der Waals surface area contributed by atoms with E-state index in [4.69, 9.17) is 9.47 Å². The van der Waals surface area contributed by atoms with E-state index in [1.54, 1.807) is 24.8 Å². The maximum Gasteiger partial charge on any atom is 0.340 e. The molecule has 1 saturated heterocycles. The van der Waals surface area contributed by atoms with Crippen LogP contribution in [0.15, 0.2) is 29.2 Å². The van der Waals surface area contributed by atoms with Crippen LogP contribution in [0.1, 0.15) is 43.0 Å². The van der Waals surface area contributed by atoms with Crippen LogP contribution < -0.4 is 5.32 Å². The van der Waals surface area contributed by atoms with E-state index in [0.29, 0.717) is 5.56 Å². The van der Waals surface area contributed by atoms with Crippen LogP contribution >= 0.6 is 11.8 Å². The fraction of sp³-hybridized carbons (Fsp3) is 0.556. The number of benzene rings is 1. The largest absolute Gasteiger partial charge is 0.449 e. The average Bonchev–Trinajstić information content (AvgIpc) is 3.24. The second-order valence-corrected chi connectivity index (χ2v) is 7.33. The smallest absolute Gasteiger partial charge is 0.340 e. The number of rotatable bonds is 7. The van der Waals surface area contributed by atoms with Crippen molar-refractivity contribution >= 4 is 23.6 Å². The Balaban J connectivity index is 1.57. The van der Waals surface area contributed by atoms with Gasteiger partial charge in [-0.2, -0.15) is 0 Å². The van der Waals surface area contributed by atoms with Crippen molar-refractivity contribution in [1.82, 2.24) is 5.32 Å². The molecule has 6 heteroatoms. The summed E-state index contributed by atoms with van der Waals surface area (Å²) in [6.07, 6.45) is 3.65. The molecule has 1 aromatic rings. The van der Waals surface area contributed by atoms with Gasteiger partial charge in [0.15, 0.2) is 6.10 Å². The molecular formula is C18H23NO4S. The molecule has 5 nitrogen and oxygen atoms in total. The van der Waals surface area contributed by atoms with E-state index < -0.39 is 12.1 Å². The summed E-state index contributed by atoms with van der Waals surface area (Å²) in [6.45, 7) is 2.43. The lowest BCUT2D eigenvalue weighted by Gasteiger charge is -2.15. The van der Waals surface area contributed by atoms with Crippen LogP contribution in [0, 0.1) is 0 Å². The molecule has 1 N–H and O–H groups in total. The molecule has 1 aromatic carbocycles. The number of hydrogen-bond acceptors (Lipinski definition) is 5. The molecule has 2 atom stereocenters. The van der Waals surface area contributed by atoms with Crippen LogP contribution in [-0.4, -0.2) is 42.5 Å². The summed E-state index contributed by atoms with van der Waals surface area (Å²) in [7, 11) is 0. The first-order valence-electron chi connectivity index (χ1n) is 8.48. The summed E-state index contributed by atoms with van der Waals surface area (Å²) in [5.74, 6) is 0.140. The van der Waals surface area contributed by atoms with Gasteiger partial charge in [0.1, 0.15) is 0 Å². The summed E-state index contributed by atoms with van der Waals surface area (Å²) < 4.78 is 11.0. The van der Waals surface area contributed by atoms with Crippen LogP contribution in [0.5, 0.6) is 0 Å². The van der Waals surface area contributed by atoms with Gasteiger partial charge in [0.25, 0.3) is 5.91 Å². The maximum absolute atomic E-state index is 12.4. The number of thioether (sulfide) groups is 1. The molecule has 1 amide bonds. The van der Waals surface area contributed by atoms with E-state index >= 15 is 0 Å². The summed E-state index contributed by atoms with van der Waals surface area (Å²) in [5, 5.41) is 2.85. The number of esters is 1. The molecule has 2 aliphatic rings. The molecular weight excluding hydrogens is 326 g/mol. The lowest BCUT2D eigenvalue weighted by atomic mass is 10.2. The summed E-state index contributed by atoms with van der Waals surface area (Å²) in [6, 6.07) is 7.61. The van der Waals surface area contributed by atoms with Crippen molar-refractivity contribution in [2.45, 2.75) is 55.8 Å². The highest BCUT2D eigenvalue weighted by Gasteiger charge is 2.28. The zero-order chi connectivity index (χ0) is 16.9. The highest BCUT2D eigenvalue weighted by Crippen LogP contribution is 2.27. The first-order chi connectivity index (χ1) is 11.6. The first kappa shape index (κ1) is 17.3. The van der Waals surface area contributed by atoms with Gasteiger partial charge in [0.2, 0.25) is 0 Å². The standard InChI is InChI=1S/C18H23NO4S/c1-12(17(20)19-13-8-9-13)23-18(21)15-6-2-3-7-16(15)24-11-14-5-4-10-22-14/h2-3,6-7,12-14H,4-5,8-11H2,1H3,(H,19,20)/t12-,14+/m0/s1. The average molecular weight is 349 g/mol. The van der Waals surface area contributed by atoms with Crippen molar-refractivity contribution in [1.29, 1.82) is 0 Å².